The van der Waals surface area contributed by atoms with Gasteiger partial charge < -0.3 is 14.9 Å². The molecule has 1 saturated heterocycles. The van der Waals surface area contributed by atoms with Gasteiger partial charge in [-0.1, -0.05) is 0 Å². The summed E-state index contributed by atoms with van der Waals surface area (Å²) in [5.74, 6) is 1.17. The van der Waals surface area contributed by atoms with Gasteiger partial charge in [0.05, 0.1) is 12.6 Å². The summed E-state index contributed by atoms with van der Waals surface area (Å²) < 4.78 is 0. The van der Waals surface area contributed by atoms with Crippen LogP contribution in [0.15, 0.2) is 0 Å². The van der Waals surface area contributed by atoms with Crippen molar-refractivity contribution in [2.24, 2.45) is 0 Å². The zero-order valence-corrected chi connectivity index (χ0v) is 12.1. The highest BCUT2D eigenvalue weighted by Gasteiger charge is 2.27. The van der Waals surface area contributed by atoms with Crippen LogP contribution in [0.2, 0.25) is 5.28 Å². The molecule has 1 aliphatic rings. The van der Waals surface area contributed by atoms with Crippen molar-refractivity contribution in [3.63, 3.8) is 0 Å². The van der Waals surface area contributed by atoms with E-state index in [0.29, 0.717) is 11.9 Å². The van der Waals surface area contributed by atoms with Gasteiger partial charge in [-0.25, -0.2) is 0 Å². The molecular weight excluding hydrogens is 266 g/mol. The first-order valence-corrected chi connectivity index (χ1v) is 7.11. The van der Waals surface area contributed by atoms with E-state index in [-0.39, 0.29) is 17.9 Å². The molecule has 2 rings (SSSR count). The number of rotatable bonds is 5. The molecule has 0 spiro atoms. The van der Waals surface area contributed by atoms with E-state index in [1.54, 1.807) is 0 Å². The van der Waals surface area contributed by atoms with Gasteiger partial charge in [-0.2, -0.15) is 15.0 Å². The van der Waals surface area contributed by atoms with E-state index in [0.717, 1.165) is 32.5 Å². The lowest BCUT2D eigenvalue weighted by Crippen LogP contribution is -2.34. The van der Waals surface area contributed by atoms with Gasteiger partial charge in [-0.05, 0) is 38.3 Å². The molecule has 2 heterocycles. The Morgan fingerprint density at radius 1 is 1.32 bits per heavy atom. The minimum atomic E-state index is 0.0861. The van der Waals surface area contributed by atoms with E-state index in [2.05, 4.69) is 15.0 Å². The van der Waals surface area contributed by atoms with Crippen LogP contribution in [-0.2, 0) is 0 Å². The molecule has 1 aromatic heterocycles. The molecule has 0 saturated carbocycles. The zero-order valence-electron chi connectivity index (χ0n) is 11.4. The van der Waals surface area contributed by atoms with Crippen molar-refractivity contribution >= 4 is 23.5 Å². The second-order valence-corrected chi connectivity index (χ2v) is 4.89. The molecule has 0 bridgehead atoms. The molecule has 0 aromatic carbocycles. The minimum absolute atomic E-state index is 0.0861. The smallest absolute Gasteiger partial charge is 0.231 e. The van der Waals surface area contributed by atoms with Gasteiger partial charge >= 0.3 is 0 Å². The first-order valence-electron chi connectivity index (χ1n) is 6.73. The molecule has 7 heteroatoms. The van der Waals surface area contributed by atoms with Crippen LogP contribution in [0.25, 0.3) is 0 Å². The lowest BCUT2D eigenvalue weighted by molar-refractivity contribution is 0.265. The molecule has 1 N–H and O–H groups in total. The number of aliphatic hydroxyl groups is 1. The fraction of sp³-hybridized carbons (Fsp3) is 0.750. The van der Waals surface area contributed by atoms with Crippen LogP contribution in [0.5, 0.6) is 0 Å². The van der Waals surface area contributed by atoms with E-state index in [4.69, 9.17) is 11.6 Å². The Morgan fingerprint density at radius 2 is 2.05 bits per heavy atom. The molecule has 6 nitrogen and oxygen atoms in total. The summed E-state index contributed by atoms with van der Waals surface area (Å²) in [6, 6.07) is 0.0861. The summed E-state index contributed by atoms with van der Waals surface area (Å²) >= 11 is 6.00. The monoisotopic (exact) mass is 285 g/mol. The van der Waals surface area contributed by atoms with Crippen molar-refractivity contribution in [2.45, 2.75) is 32.7 Å². The summed E-state index contributed by atoms with van der Waals surface area (Å²) in [7, 11) is 0. The van der Waals surface area contributed by atoms with Crippen molar-refractivity contribution in [1.29, 1.82) is 0 Å². The van der Waals surface area contributed by atoms with Gasteiger partial charge in [0.1, 0.15) is 0 Å². The fourth-order valence-corrected chi connectivity index (χ4v) is 2.55. The normalized spacial score (nSPS) is 18.9. The maximum Gasteiger partial charge on any atom is 0.231 e. The predicted octanol–water partition coefficient (Wildman–Crippen LogP) is 1.33. The number of anilines is 2. The quantitative estimate of drug-likeness (QED) is 0.880. The molecule has 1 fully saturated rings. The summed E-state index contributed by atoms with van der Waals surface area (Å²) in [6.45, 7) is 6.70. The Kier molecular flexibility index (Phi) is 4.76. The first kappa shape index (κ1) is 14.3. The van der Waals surface area contributed by atoms with E-state index >= 15 is 0 Å². The van der Waals surface area contributed by atoms with E-state index in [1.165, 1.54) is 0 Å². The minimum Gasteiger partial charge on any atom is -0.394 e. The van der Waals surface area contributed by atoms with Crippen LogP contribution in [0.1, 0.15) is 26.7 Å². The average molecular weight is 286 g/mol. The maximum absolute atomic E-state index is 9.38. The SMILES string of the molecule is CCN(CC)c1nc(Cl)nc(N2CCCC2CO)n1. The number of nitrogens with zero attached hydrogens (tertiary/aromatic N) is 5. The highest BCUT2D eigenvalue weighted by atomic mass is 35.5. The van der Waals surface area contributed by atoms with Crippen molar-refractivity contribution in [2.75, 3.05) is 36.0 Å². The Balaban J connectivity index is 2.30. The van der Waals surface area contributed by atoms with Gasteiger partial charge in [-0.15, -0.1) is 0 Å². The van der Waals surface area contributed by atoms with Crippen LogP contribution < -0.4 is 9.80 Å². The number of hydrogen-bond acceptors (Lipinski definition) is 6. The van der Waals surface area contributed by atoms with Gasteiger partial charge in [0.25, 0.3) is 0 Å². The molecule has 1 aromatic rings. The lowest BCUT2D eigenvalue weighted by atomic mass is 10.2. The van der Waals surface area contributed by atoms with Gasteiger partial charge in [0, 0.05) is 19.6 Å². The molecule has 0 radical (unpaired) electrons. The van der Waals surface area contributed by atoms with Gasteiger partial charge in [-0.3, -0.25) is 0 Å². The first-order chi connectivity index (χ1) is 9.19. The molecule has 1 aliphatic heterocycles. The second-order valence-electron chi connectivity index (χ2n) is 4.55. The maximum atomic E-state index is 9.38. The Labute approximate surface area is 118 Å². The van der Waals surface area contributed by atoms with E-state index in [9.17, 15) is 5.11 Å². The third-order valence-electron chi connectivity index (χ3n) is 3.48. The lowest BCUT2D eigenvalue weighted by Gasteiger charge is -2.25. The number of halogens is 1. The van der Waals surface area contributed by atoms with Crippen LogP contribution in [0.4, 0.5) is 11.9 Å². The topological polar surface area (TPSA) is 65.4 Å². The Bertz CT molecular complexity index is 427. The van der Waals surface area contributed by atoms with Crippen LogP contribution in [-0.4, -0.2) is 52.3 Å². The largest absolute Gasteiger partial charge is 0.394 e. The summed E-state index contributed by atoms with van der Waals surface area (Å²) in [4.78, 5) is 16.9. The predicted molar refractivity (Wildman–Crippen MR) is 75.9 cm³/mol. The summed E-state index contributed by atoms with van der Waals surface area (Å²) in [5, 5.41) is 9.59. The standard InChI is InChI=1S/C12H20ClN5O/c1-3-17(4-2)11-14-10(13)15-12(16-11)18-7-5-6-9(18)8-19/h9,19H,3-8H2,1-2H3. The van der Waals surface area contributed by atoms with Crippen molar-refractivity contribution in [3.05, 3.63) is 5.28 Å². The molecule has 1 unspecified atom stereocenters. The average Bonchev–Trinajstić information content (AvgIpc) is 2.88. The van der Waals surface area contributed by atoms with Crippen LogP contribution >= 0.6 is 11.6 Å². The van der Waals surface area contributed by atoms with Crippen molar-refractivity contribution < 1.29 is 5.11 Å². The van der Waals surface area contributed by atoms with E-state index in [1.807, 2.05) is 23.6 Å². The van der Waals surface area contributed by atoms with Crippen molar-refractivity contribution in [3.8, 4) is 0 Å². The second kappa shape index (κ2) is 6.34. The van der Waals surface area contributed by atoms with E-state index < -0.39 is 0 Å². The summed E-state index contributed by atoms with van der Waals surface area (Å²) in [5.41, 5.74) is 0. The number of hydrogen-bond donors (Lipinski definition) is 1. The third-order valence-corrected chi connectivity index (χ3v) is 3.64. The number of aliphatic hydroxyl groups excluding tert-OH is 1. The van der Waals surface area contributed by atoms with Crippen LogP contribution in [0.3, 0.4) is 0 Å². The highest BCUT2D eigenvalue weighted by Crippen LogP contribution is 2.24. The van der Waals surface area contributed by atoms with Crippen molar-refractivity contribution in [1.82, 2.24) is 15.0 Å². The summed E-state index contributed by atoms with van der Waals surface area (Å²) in [6.07, 6.45) is 2.00. The molecular formula is C12H20ClN5O. The molecule has 0 aliphatic carbocycles. The van der Waals surface area contributed by atoms with Gasteiger partial charge in [0.15, 0.2) is 0 Å². The van der Waals surface area contributed by atoms with Gasteiger partial charge in [0.2, 0.25) is 17.2 Å². The molecule has 1 atom stereocenters. The molecule has 19 heavy (non-hydrogen) atoms. The third kappa shape index (κ3) is 3.06. The molecule has 0 amide bonds. The Hall–Kier alpha value is -1.14. The Morgan fingerprint density at radius 3 is 2.68 bits per heavy atom. The number of aromatic nitrogens is 3. The highest BCUT2D eigenvalue weighted by molar-refractivity contribution is 6.28. The fourth-order valence-electron chi connectivity index (χ4n) is 2.39. The van der Waals surface area contributed by atoms with Crippen LogP contribution in [0, 0.1) is 0 Å². The molecule has 106 valence electrons. The zero-order chi connectivity index (χ0) is 13.8.